The smallest absolute Gasteiger partial charge is 0.149 e. The maximum atomic E-state index is 11.6. The summed E-state index contributed by atoms with van der Waals surface area (Å²) in [5, 5.41) is 0. The molecular weight excluding hydrogens is 222 g/mol. The van der Waals surface area contributed by atoms with E-state index < -0.39 is 0 Å². The van der Waals surface area contributed by atoms with Gasteiger partial charge in [-0.25, -0.2) is 0 Å². The van der Waals surface area contributed by atoms with E-state index in [1.807, 2.05) is 18.2 Å². The van der Waals surface area contributed by atoms with Gasteiger partial charge in [-0.05, 0) is 24.8 Å². The molecule has 90 valence electrons. The van der Waals surface area contributed by atoms with Crippen molar-refractivity contribution in [3.05, 3.63) is 35.9 Å². The van der Waals surface area contributed by atoms with Gasteiger partial charge in [0.15, 0.2) is 0 Å². The Morgan fingerprint density at radius 2 is 1.88 bits per heavy atom. The summed E-state index contributed by atoms with van der Waals surface area (Å²) in [4.78, 5) is 11.6. The van der Waals surface area contributed by atoms with E-state index in [2.05, 4.69) is 19.1 Å². The highest BCUT2D eigenvalue weighted by molar-refractivity contribution is 5.85. The van der Waals surface area contributed by atoms with Crippen molar-refractivity contribution < 1.29 is 4.79 Å². The summed E-state index contributed by atoms with van der Waals surface area (Å²) < 4.78 is 0. The molecule has 2 N–H and O–H groups in total. The van der Waals surface area contributed by atoms with Gasteiger partial charge >= 0.3 is 0 Å². The van der Waals surface area contributed by atoms with Crippen LogP contribution in [0.4, 0.5) is 0 Å². The number of halogens is 1. The molecule has 0 unspecified atom stereocenters. The SMILES string of the molecule is CC[C@@H](CC(=O)[C@@H](C)N)c1ccccc1.Cl. The fourth-order valence-electron chi connectivity index (χ4n) is 1.65. The van der Waals surface area contributed by atoms with E-state index in [4.69, 9.17) is 5.73 Å². The highest BCUT2D eigenvalue weighted by atomic mass is 35.5. The number of nitrogens with two attached hydrogens (primary N) is 1. The molecular formula is C13H20ClNO. The summed E-state index contributed by atoms with van der Waals surface area (Å²) in [6.07, 6.45) is 1.53. The number of rotatable bonds is 5. The molecule has 1 aromatic rings. The standard InChI is InChI=1S/C13H19NO.ClH/c1-3-11(9-13(15)10(2)14)12-7-5-4-6-8-12;/h4-8,10-11H,3,9,14H2,1-2H3;1H/t10-,11+;/m1./s1. The van der Waals surface area contributed by atoms with Crippen LogP contribution in [0.3, 0.4) is 0 Å². The van der Waals surface area contributed by atoms with Crippen LogP contribution in [-0.4, -0.2) is 11.8 Å². The zero-order valence-electron chi connectivity index (χ0n) is 9.85. The van der Waals surface area contributed by atoms with Gasteiger partial charge in [0.1, 0.15) is 5.78 Å². The van der Waals surface area contributed by atoms with E-state index >= 15 is 0 Å². The lowest BCUT2D eigenvalue weighted by Gasteiger charge is -2.15. The highest BCUT2D eigenvalue weighted by Crippen LogP contribution is 2.23. The highest BCUT2D eigenvalue weighted by Gasteiger charge is 2.16. The average Bonchev–Trinajstić information content (AvgIpc) is 2.26. The Bertz CT molecular complexity index is 311. The van der Waals surface area contributed by atoms with E-state index in [0.717, 1.165) is 6.42 Å². The van der Waals surface area contributed by atoms with E-state index in [1.165, 1.54) is 5.56 Å². The Morgan fingerprint density at radius 3 is 2.31 bits per heavy atom. The number of Topliss-reactive ketones (excluding diaryl/α,β-unsaturated/α-hetero) is 1. The summed E-state index contributed by atoms with van der Waals surface area (Å²) in [6, 6.07) is 9.81. The maximum absolute atomic E-state index is 11.6. The lowest BCUT2D eigenvalue weighted by atomic mass is 9.90. The fourth-order valence-corrected chi connectivity index (χ4v) is 1.65. The average molecular weight is 242 g/mol. The Morgan fingerprint density at radius 1 is 1.31 bits per heavy atom. The van der Waals surface area contributed by atoms with Gasteiger partial charge in [0.2, 0.25) is 0 Å². The van der Waals surface area contributed by atoms with Crippen LogP contribution in [0, 0.1) is 0 Å². The van der Waals surface area contributed by atoms with Gasteiger partial charge in [0, 0.05) is 6.42 Å². The van der Waals surface area contributed by atoms with Crippen molar-refractivity contribution in [3.8, 4) is 0 Å². The molecule has 0 aliphatic carbocycles. The third-order valence-electron chi connectivity index (χ3n) is 2.72. The van der Waals surface area contributed by atoms with Gasteiger partial charge in [-0.15, -0.1) is 12.4 Å². The summed E-state index contributed by atoms with van der Waals surface area (Å²) in [7, 11) is 0. The molecule has 0 fully saturated rings. The monoisotopic (exact) mass is 241 g/mol. The molecule has 1 aromatic carbocycles. The van der Waals surface area contributed by atoms with Crippen molar-refractivity contribution in [1.82, 2.24) is 0 Å². The molecule has 1 rings (SSSR count). The summed E-state index contributed by atoms with van der Waals surface area (Å²) in [5.41, 5.74) is 6.80. The molecule has 0 aliphatic rings. The number of ketones is 1. The molecule has 0 saturated heterocycles. The van der Waals surface area contributed by atoms with E-state index in [1.54, 1.807) is 6.92 Å². The molecule has 0 aromatic heterocycles. The second-order valence-electron chi connectivity index (χ2n) is 3.97. The largest absolute Gasteiger partial charge is 0.322 e. The first kappa shape index (κ1) is 15.1. The Hall–Kier alpha value is -0.860. The number of hydrogen-bond donors (Lipinski definition) is 1. The second kappa shape index (κ2) is 7.42. The molecule has 3 heteroatoms. The molecule has 0 radical (unpaired) electrons. The van der Waals surface area contributed by atoms with Gasteiger partial charge in [-0.2, -0.15) is 0 Å². The van der Waals surface area contributed by atoms with Crippen molar-refractivity contribution in [2.45, 2.75) is 38.6 Å². The minimum Gasteiger partial charge on any atom is -0.322 e. The van der Waals surface area contributed by atoms with Gasteiger partial charge < -0.3 is 5.73 Å². The van der Waals surface area contributed by atoms with E-state index in [9.17, 15) is 4.79 Å². The predicted octanol–water partition coefficient (Wildman–Crippen LogP) is 2.91. The second-order valence-corrected chi connectivity index (χ2v) is 3.97. The first-order valence-electron chi connectivity index (χ1n) is 5.48. The minimum absolute atomic E-state index is 0. The molecule has 0 spiro atoms. The van der Waals surface area contributed by atoms with E-state index in [0.29, 0.717) is 12.3 Å². The van der Waals surface area contributed by atoms with Crippen LogP contribution in [0.2, 0.25) is 0 Å². The minimum atomic E-state index is -0.345. The molecule has 16 heavy (non-hydrogen) atoms. The lowest BCUT2D eigenvalue weighted by molar-refractivity contribution is -0.120. The van der Waals surface area contributed by atoms with Crippen LogP contribution < -0.4 is 5.73 Å². The molecule has 0 heterocycles. The third kappa shape index (κ3) is 4.33. The van der Waals surface area contributed by atoms with Crippen molar-refractivity contribution in [2.75, 3.05) is 0 Å². The molecule has 0 amide bonds. The molecule has 2 nitrogen and oxygen atoms in total. The number of benzene rings is 1. The molecule has 0 aliphatic heterocycles. The van der Waals surface area contributed by atoms with Crippen molar-refractivity contribution >= 4 is 18.2 Å². The van der Waals surface area contributed by atoms with Gasteiger partial charge in [-0.3, -0.25) is 4.79 Å². The summed E-state index contributed by atoms with van der Waals surface area (Å²) >= 11 is 0. The molecule has 0 saturated carbocycles. The van der Waals surface area contributed by atoms with Gasteiger partial charge in [0.05, 0.1) is 6.04 Å². The molecule has 0 bridgehead atoms. The number of carbonyl (C=O) groups is 1. The summed E-state index contributed by atoms with van der Waals surface area (Å²) in [6.45, 7) is 3.85. The van der Waals surface area contributed by atoms with Crippen LogP contribution in [0.15, 0.2) is 30.3 Å². The van der Waals surface area contributed by atoms with Crippen molar-refractivity contribution in [1.29, 1.82) is 0 Å². The van der Waals surface area contributed by atoms with Crippen molar-refractivity contribution in [3.63, 3.8) is 0 Å². The molecule has 2 atom stereocenters. The first-order chi connectivity index (χ1) is 7.15. The number of carbonyl (C=O) groups excluding carboxylic acids is 1. The Kier molecular flexibility index (Phi) is 7.02. The third-order valence-corrected chi connectivity index (χ3v) is 2.72. The van der Waals surface area contributed by atoms with Crippen LogP contribution in [0.1, 0.15) is 38.2 Å². The van der Waals surface area contributed by atoms with Gasteiger partial charge in [0.25, 0.3) is 0 Å². The zero-order valence-corrected chi connectivity index (χ0v) is 10.7. The normalized spacial score (nSPS) is 13.7. The van der Waals surface area contributed by atoms with E-state index in [-0.39, 0.29) is 24.2 Å². The summed E-state index contributed by atoms with van der Waals surface area (Å²) in [5.74, 6) is 0.454. The van der Waals surface area contributed by atoms with Crippen LogP contribution in [-0.2, 0) is 4.79 Å². The maximum Gasteiger partial charge on any atom is 0.149 e. The van der Waals surface area contributed by atoms with Gasteiger partial charge in [-0.1, -0.05) is 37.3 Å². The fraction of sp³-hybridized carbons (Fsp3) is 0.462. The van der Waals surface area contributed by atoms with Crippen molar-refractivity contribution in [2.24, 2.45) is 5.73 Å². The quantitative estimate of drug-likeness (QED) is 0.862. The van der Waals surface area contributed by atoms with Crippen LogP contribution in [0.25, 0.3) is 0 Å². The number of hydrogen-bond acceptors (Lipinski definition) is 2. The first-order valence-corrected chi connectivity index (χ1v) is 5.48. The zero-order chi connectivity index (χ0) is 11.3. The van der Waals surface area contributed by atoms with Crippen LogP contribution in [0.5, 0.6) is 0 Å². The van der Waals surface area contributed by atoms with Crippen LogP contribution >= 0.6 is 12.4 Å². The topological polar surface area (TPSA) is 43.1 Å². The predicted molar refractivity (Wildman–Crippen MR) is 70.0 cm³/mol. The lowest BCUT2D eigenvalue weighted by Crippen LogP contribution is -2.27. The Balaban J connectivity index is 0.00000225. The Labute approximate surface area is 104 Å².